The largest absolute Gasteiger partial charge is 0.325 e. The molecule has 4 rings (SSSR count). The maximum atomic E-state index is 13.5. The molecule has 2 aromatic carbocycles. The summed E-state index contributed by atoms with van der Waals surface area (Å²) in [5.41, 5.74) is 2.75. The summed E-state index contributed by atoms with van der Waals surface area (Å²) in [6.45, 7) is 4.53. The Bertz CT molecular complexity index is 1370. The Morgan fingerprint density at radius 1 is 1.15 bits per heavy atom. The highest BCUT2D eigenvalue weighted by molar-refractivity contribution is 7.99. The summed E-state index contributed by atoms with van der Waals surface area (Å²) in [6, 6.07) is 12.7. The minimum Gasteiger partial charge on any atom is -0.325 e. The smallest absolute Gasteiger partial charge is 0.280 e. The van der Waals surface area contributed by atoms with Crippen molar-refractivity contribution in [1.29, 1.82) is 0 Å². The Morgan fingerprint density at radius 3 is 2.52 bits per heavy atom. The third-order valence-corrected chi connectivity index (χ3v) is 6.22. The molecule has 0 atom stereocenters. The molecule has 0 radical (unpaired) electrons. The third-order valence-electron chi connectivity index (χ3n) is 5.00. The van der Waals surface area contributed by atoms with Gasteiger partial charge in [0.2, 0.25) is 5.91 Å². The first-order valence-corrected chi connectivity index (χ1v) is 11.6. The Labute approximate surface area is 198 Å². The molecule has 0 aliphatic rings. The van der Waals surface area contributed by atoms with E-state index in [2.05, 4.69) is 10.4 Å². The molecule has 0 aliphatic carbocycles. The van der Waals surface area contributed by atoms with Crippen LogP contribution in [0, 0.1) is 12.7 Å². The summed E-state index contributed by atoms with van der Waals surface area (Å²) >= 11 is 7.15. The summed E-state index contributed by atoms with van der Waals surface area (Å²) in [5, 5.41) is 8.17. The number of carbonyl (C=O) groups is 1. The van der Waals surface area contributed by atoms with Gasteiger partial charge >= 0.3 is 0 Å². The number of rotatable bonds is 7. The predicted molar refractivity (Wildman–Crippen MR) is 129 cm³/mol. The Balaban J connectivity index is 1.66. The summed E-state index contributed by atoms with van der Waals surface area (Å²) in [4.78, 5) is 30.6. The van der Waals surface area contributed by atoms with Crippen LogP contribution < -0.4 is 10.9 Å². The summed E-state index contributed by atoms with van der Waals surface area (Å²) < 4.78 is 16.3. The topological polar surface area (TPSA) is 81.8 Å². The van der Waals surface area contributed by atoms with Crippen molar-refractivity contribution in [3.8, 4) is 0 Å². The fourth-order valence-electron chi connectivity index (χ4n) is 3.40. The SMILES string of the molecule is CCn1nc(C)c2nc(SCC(=O)Nc3ccc(F)cc3)n(Cc3ccc(Cl)cc3)c(=O)c21. The molecule has 0 spiro atoms. The number of aryl methyl sites for hydroxylation is 2. The first-order chi connectivity index (χ1) is 15.9. The molecule has 4 aromatic rings. The van der Waals surface area contributed by atoms with Crippen molar-refractivity contribution in [3.05, 3.63) is 81.0 Å². The summed E-state index contributed by atoms with van der Waals surface area (Å²) in [6.07, 6.45) is 0. The minimum atomic E-state index is -0.380. The number of hydrogen-bond acceptors (Lipinski definition) is 5. The quantitative estimate of drug-likeness (QED) is 0.308. The van der Waals surface area contributed by atoms with Crippen LogP contribution in [0.25, 0.3) is 11.0 Å². The van der Waals surface area contributed by atoms with Crippen LogP contribution in [0.3, 0.4) is 0 Å². The molecule has 0 aliphatic heterocycles. The molecule has 2 heterocycles. The predicted octanol–water partition coefficient (Wildman–Crippen LogP) is 4.49. The molecule has 170 valence electrons. The Morgan fingerprint density at radius 2 is 1.85 bits per heavy atom. The van der Waals surface area contributed by atoms with E-state index >= 15 is 0 Å². The van der Waals surface area contributed by atoms with E-state index in [0.29, 0.717) is 39.1 Å². The van der Waals surface area contributed by atoms with E-state index in [4.69, 9.17) is 16.6 Å². The number of amides is 1. The highest BCUT2D eigenvalue weighted by Gasteiger charge is 2.19. The van der Waals surface area contributed by atoms with Gasteiger partial charge in [0.1, 0.15) is 11.3 Å². The van der Waals surface area contributed by atoms with Crippen LogP contribution in [0.5, 0.6) is 0 Å². The molecule has 0 saturated heterocycles. The normalized spacial score (nSPS) is 11.2. The molecule has 7 nitrogen and oxygen atoms in total. The summed E-state index contributed by atoms with van der Waals surface area (Å²) in [7, 11) is 0. The van der Waals surface area contributed by atoms with Gasteiger partial charge in [-0.15, -0.1) is 0 Å². The number of nitrogens with one attached hydrogen (secondary N) is 1. The number of fused-ring (bicyclic) bond motifs is 1. The van der Waals surface area contributed by atoms with Crippen LogP contribution in [0.2, 0.25) is 5.02 Å². The Hall–Kier alpha value is -3.17. The van der Waals surface area contributed by atoms with Gasteiger partial charge in [-0.1, -0.05) is 35.5 Å². The molecule has 10 heteroatoms. The second-order valence-electron chi connectivity index (χ2n) is 7.35. The van der Waals surface area contributed by atoms with E-state index in [0.717, 1.165) is 17.3 Å². The highest BCUT2D eigenvalue weighted by atomic mass is 35.5. The lowest BCUT2D eigenvalue weighted by Crippen LogP contribution is -2.26. The third kappa shape index (κ3) is 5.09. The number of thioether (sulfide) groups is 1. The maximum Gasteiger partial charge on any atom is 0.280 e. The number of nitrogens with zero attached hydrogens (tertiary/aromatic N) is 4. The van der Waals surface area contributed by atoms with E-state index in [9.17, 15) is 14.0 Å². The van der Waals surface area contributed by atoms with Gasteiger partial charge in [0, 0.05) is 17.3 Å². The molecular formula is C23H21ClFN5O2S. The van der Waals surface area contributed by atoms with Gasteiger partial charge in [-0.05, 0) is 55.8 Å². The van der Waals surface area contributed by atoms with Gasteiger partial charge in [-0.3, -0.25) is 18.8 Å². The highest BCUT2D eigenvalue weighted by Crippen LogP contribution is 2.22. The number of benzene rings is 2. The van der Waals surface area contributed by atoms with Crippen molar-refractivity contribution in [2.24, 2.45) is 0 Å². The minimum absolute atomic E-state index is 0.0247. The van der Waals surface area contributed by atoms with Crippen LogP contribution in [-0.4, -0.2) is 31.0 Å². The van der Waals surface area contributed by atoms with Crippen molar-refractivity contribution in [2.45, 2.75) is 32.1 Å². The number of halogens is 2. The number of carbonyl (C=O) groups excluding carboxylic acids is 1. The lowest BCUT2D eigenvalue weighted by Gasteiger charge is -2.13. The molecule has 2 aromatic heterocycles. The maximum absolute atomic E-state index is 13.5. The molecule has 0 saturated carbocycles. The van der Waals surface area contributed by atoms with Crippen LogP contribution in [0.4, 0.5) is 10.1 Å². The van der Waals surface area contributed by atoms with Crippen molar-refractivity contribution in [2.75, 3.05) is 11.1 Å². The molecule has 0 bridgehead atoms. The van der Waals surface area contributed by atoms with Gasteiger partial charge in [-0.25, -0.2) is 9.37 Å². The van der Waals surface area contributed by atoms with E-state index in [-0.39, 0.29) is 29.6 Å². The van der Waals surface area contributed by atoms with Crippen LogP contribution in [0.15, 0.2) is 58.5 Å². The van der Waals surface area contributed by atoms with Crippen LogP contribution in [0.1, 0.15) is 18.2 Å². The zero-order chi connectivity index (χ0) is 23.5. The first kappa shape index (κ1) is 23.0. The van der Waals surface area contributed by atoms with E-state index in [1.54, 1.807) is 28.3 Å². The van der Waals surface area contributed by atoms with Gasteiger partial charge in [-0.2, -0.15) is 5.10 Å². The van der Waals surface area contributed by atoms with E-state index in [1.807, 2.05) is 19.1 Å². The lowest BCUT2D eigenvalue weighted by molar-refractivity contribution is -0.113. The number of aromatic nitrogens is 4. The zero-order valence-electron chi connectivity index (χ0n) is 18.0. The average molecular weight is 486 g/mol. The molecule has 1 N–H and O–H groups in total. The van der Waals surface area contributed by atoms with Crippen molar-refractivity contribution in [3.63, 3.8) is 0 Å². The molecular weight excluding hydrogens is 465 g/mol. The standard InChI is InChI=1S/C23H21ClFN5O2S/c1-3-30-21-20(14(2)28-30)27-23(29(22(21)32)12-15-4-6-16(24)7-5-15)33-13-19(31)26-18-10-8-17(25)9-11-18/h4-11H,3,12-13H2,1-2H3,(H,26,31). The zero-order valence-corrected chi connectivity index (χ0v) is 19.6. The van der Waals surface area contributed by atoms with Gasteiger partial charge in [0.25, 0.3) is 5.56 Å². The lowest BCUT2D eigenvalue weighted by atomic mass is 10.2. The monoisotopic (exact) mass is 485 g/mol. The average Bonchev–Trinajstić information content (AvgIpc) is 3.13. The fourth-order valence-corrected chi connectivity index (χ4v) is 4.32. The van der Waals surface area contributed by atoms with Crippen molar-refractivity contribution >= 4 is 46.0 Å². The van der Waals surface area contributed by atoms with Crippen molar-refractivity contribution in [1.82, 2.24) is 19.3 Å². The van der Waals surface area contributed by atoms with E-state index in [1.165, 1.54) is 24.3 Å². The van der Waals surface area contributed by atoms with Crippen LogP contribution in [-0.2, 0) is 17.9 Å². The Kier molecular flexibility index (Phi) is 6.80. The fraction of sp³-hybridized carbons (Fsp3) is 0.217. The second kappa shape index (κ2) is 9.76. The molecule has 0 fully saturated rings. The van der Waals surface area contributed by atoms with Gasteiger partial charge in [0.15, 0.2) is 10.7 Å². The second-order valence-corrected chi connectivity index (χ2v) is 8.73. The molecule has 0 unspecified atom stereocenters. The van der Waals surface area contributed by atoms with E-state index < -0.39 is 0 Å². The molecule has 1 amide bonds. The number of anilines is 1. The molecule has 33 heavy (non-hydrogen) atoms. The van der Waals surface area contributed by atoms with Crippen LogP contribution >= 0.6 is 23.4 Å². The summed E-state index contributed by atoms with van der Waals surface area (Å²) in [5.74, 6) is -0.647. The van der Waals surface area contributed by atoms with Gasteiger partial charge in [0.05, 0.1) is 18.0 Å². The first-order valence-electron chi connectivity index (χ1n) is 10.3. The van der Waals surface area contributed by atoms with Crippen molar-refractivity contribution < 1.29 is 9.18 Å². The number of hydrogen-bond donors (Lipinski definition) is 1. The van der Waals surface area contributed by atoms with Gasteiger partial charge < -0.3 is 5.32 Å².